The van der Waals surface area contributed by atoms with E-state index in [1.54, 1.807) is 46.6 Å². The van der Waals surface area contributed by atoms with Crippen LogP contribution in [0.4, 0.5) is 0 Å². The zero-order valence-electron chi connectivity index (χ0n) is 19.4. The molecule has 0 bridgehead atoms. The second kappa shape index (κ2) is 8.70. The van der Waals surface area contributed by atoms with Crippen molar-refractivity contribution in [2.24, 2.45) is 5.10 Å². The third kappa shape index (κ3) is 3.51. The molecule has 0 spiro atoms. The minimum atomic E-state index is -0.607. The standard InChI is InChI=1S/C26H26N2O6/c1-30-15-8-10-22(29)18(12-15)20-14-21-17-6-5-7-24(33-4)25(17)34-26(28(21)27-20)19-13-16(31-2)9-11-23(19)32-3/h5-13,21,26,29H,14H2,1-4H3/t21-,26+/m1/s1. The molecule has 0 saturated heterocycles. The van der Waals surface area contributed by atoms with Crippen molar-refractivity contribution in [1.82, 2.24) is 5.01 Å². The van der Waals surface area contributed by atoms with Crippen LogP contribution in [0.25, 0.3) is 0 Å². The van der Waals surface area contributed by atoms with E-state index in [0.29, 0.717) is 40.7 Å². The first-order valence-electron chi connectivity index (χ1n) is 10.9. The summed E-state index contributed by atoms with van der Waals surface area (Å²) < 4.78 is 28.6. The lowest BCUT2D eigenvalue weighted by Gasteiger charge is -2.39. The highest BCUT2D eigenvalue weighted by Crippen LogP contribution is 2.52. The van der Waals surface area contributed by atoms with Gasteiger partial charge in [-0.1, -0.05) is 12.1 Å². The molecule has 2 atom stereocenters. The molecule has 5 rings (SSSR count). The van der Waals surface area contributed by atoms with Gasteiger partial charge in [-0.25, -0.2) is 5.01 Å². The van der Waals surface area contributed by atoms with Gasteiger partial charge in [0.05, 0.1) is 45.8 Å². The second-order valence-corrected chi connectivity index (χ2v) is 7.99. The van der Waals surface area contributed by atoms with Crippen LogP contribution in [-0.2, 0) is 0 Å². The van der Waals surface area contributed by atoms with Crippen LogP contribution < -0.4 is 23.7 Å². The fraction of sp³-hybridized carbons (Fsp3) is 0.269. The van der Waals surface area contributed by atoms with Crippen LogP contribution in [0, 0.1) is 0 Å². The van der Waals surface area contributed by atoms with E-state index in [4.69, 9.17) is 28.8 Å². The van der Waals surface area contributed by atoms with Gasteiger partial charge in [-0.2, -0.15) is 5.10 Å². The van der Waals surface area contributed by atoms with Crippen molar-refractivity contribution in [3.63, 3.8) is 0 Å². The molecule has 2 aliphatic heterocycles. The van der Waals surface area contributed by atoms with E-state index in [0.717, 1.165) is 16.8 Å². The number of ether oxygens (including phenoxy) is 5. The van der Waals surface area contributed by atoms with Crippen molar-refractivity contribution in [3.05, 3.63) is 71.3 Å². The highest BCUT2D eigenvalue weighted by Gasteiger charge is 2.43. The Hall–Kier alpha value is -4.07. The first-order valence-corrected chi connectivity index (χ1v) is 10.9. The predicted octanol–water partition coefficient (Wildman–Crippen LogP) is 4.67. The number of phenols is 1. The number of aromatic hydroxyl groups is 1. The number of benzene rings is 3. The minimum absolute atomic E-state index is 0.139. The van der Waals surface area contributed by atoms with Crippen molar-refractivity contribution < 1.29 is 28.8 Å². The zero-order chi connectivity index (χ0) is 23.8. The van der Waals surface area contributed by atoms with Crippen LogP contribution in [0.15, 0.2) is 59.7 Å². The van der Waals surface area contributed by atoms with E-state index in [-0.39, 0.29) is 11.8 Å². The lowest BCUT2D eigenvalue weighted by atomic mass is 9.95. The molecule has 8 heteroatoms. The first kappa shape index (κ1) is 21.8. The van der Waals surface area contributed by atoms with E-state index in [1.165, 1.54) is 0 Å². The summed E-state index contributed by atoms with van der Waals surface area (Å²) in [4.78, 5) is 0. The molecular weight excluding hydrogens is 436 g/mol. The number of fused-ring (bicyclic) bond motifs is 3. The molecule has 2 heterocycles. The number of phenolic OH excluding ortho intramolecular Hbond substituents is 1. The summed E-state index contributed by atoms with van der Waals surface area (Å²) in [5.74, 6) is 3.41. The number of nitrogens with zero attached hydrogens (tertiary/aromatic N) is 2. The van der Waals surface area contributed by atoms with Gasteiger partial charge in [0.2, 0.25) is 6.23 Å². The number of hydrazone groups is 1. The normalized spacial score (nSPS) is 18.4. The van der Waals surface area contributed by atoms with Crippen molar-refractivity contribution in [1.29, 1.82) is 0 Å². The van der Waals surface area contributed by atoms with E-state index in [9.17, 15) is 5.11 Å². The Kier molecular flexibility index (Phi) is 5.57. The van der Waals surface area contributed by atoms with Crippen molar-refractivity contribution in [2.45, 2.75) is 18.7 Å². The summed E-state index contributed by atoms with van der Waals surface area (Å²) in [7, 11) is 6.45. The lowest BCUT2D eigenvalue weighted by Crippen LogP contribution is -2.34. The maximum atomic E-state index is 10.6. The van der Waals surface area contributed by atoms with Gasteiger partial charge in [-0.05, 0) is 42.5 Å². The van der Waals surface area contributed by atoms with Gasteiger partial charge in [-0.3, -0.25) is 0 Å². The fourth-order valence-corrected chi connectivity index (χ4v) is 4.52. The molecule has 0 aliphatic carbocycles. The summed E-state index contributed by atoms with van der Waals surface area (Å²) in [6.45, 7) is 0. The average Bonchev–Trinajstić information content (AvgIpc) is 3.33. The minimum Gasteiger partial charge on any atom is -0.507 e. The molecule has 0 aromatic heterocycles. The molecule has 0 unspecified atom stereocenters. The highest BCUT2D eigenvalue weighted by atomic mass is 16.5. The Morgan fingerprint density at radius 2 is 1.59 bits per heavy atom. The molecule has 0 fully saturated rings. The van der Waals surface area contributed by atoms with Crippen LogP contribution in [0.3, 0.4) is 0 Å². The van der Waals surface area contributed by atoms with Crippen LogP contribution in [0.1, 0.15) is 35.4 Å². The molecule has 3 aromatic rings. The lowest BCUT2D eigenvalue weighted by molar-refractivity contribution is -0.0223. The SMILES string of the molecule is COc1ccc(O)c(C2=NN3[C@H](C2)c2cccc(OC)c2O[C@H]3c2cc(OC)ccc2OC)c1. The molecule has 2 aliphatic rings. The van der Waals surface area contributed by atoms with Crippen molar-refractivity contribution in [2.75, 3.05) is 28.4 Å². The summed E-state index contributed by atoms with van der Waals surface area (Å²) in [5.41, 5.74) is 3.07. The number of hydrogen-bond donors (Lipinski definition) is 1. The average molecular weight is 463 g/mol. The van der Waals surface area contributed by atoms with Gasteiger partial charge >= 0.3 is 0 Å². The first-order chi connectivity index (χ1) is 16.6. The van der Waals surface area contributed by atoms with Gasteiger partial charge in [-0.15, -0.1) is 0 Å². The van der Waals surface area contributed by atoms with Gasteiger partial charge in [0.25, 0.3) is 0 Å². The van der Waals surface area contributed by atoms with Crippen molar-refractivity contribution in [3.8, 4) is 34.5 Å². The Balaban J connectivity index is 1.67. The quantitative estimate of drug-likeness (QED) is 0.570. The number of hydrogen-bond acceptors (Lipinski definition) is 8. The summed E-state index contributed by atoms with van der Waals surface area (Å²) in [6, 6.07) is 16.4. The number of methoxy groups -OCH3 is 4. The predicted molar refractivity (Wildman–Crippen MR) is 126 cm³/mol. The Labute approximate surface area is 197 Å². The van der Waals surface area contributed by atoms with E-state index < -0.39 is 6.23 Å². The molecule has 0 radical (unpaired) electrons. The molecule has 8 nitrogen and oxygen atoms in total. The van der Waals surface area contributed by atoms with E-state index >= 15 is 0 Å². The molecule has 176 valence electrons. The second-order valence-electron chi connectivity index (χ2n) is 7.99. The topological polar surface area (TPSA) is 82.0 Å². The molecule has 3 aromatic carbocycles. The summed E-state index contributed by atoms with van der Waals surface area (Å²) in [6.07, 6.45) is -0.0448. The van der Waals surface area contributed by atoms with Crippen LogP contribution in [-0.4, -0.2) is 44.3 Å². The van der Waals surface area contributed by atoms with Gasteiger partial charge in [0, 0.05) is 17.5 Å². The van der Waals surface area contributed by atoms with Gasteiger partial charge in [0.15, 0.2) is 11.5 Å². The number of rotatable bonds is 6. The Morgan fingerprint density at radius 1 is 0.853 bits per heavy atom. The fourth-order valence-electron chi connectivity index (χ4n) is 4.52. The van der Waals surface area contributed by atoms with Crippen molar-refractivity contribution >= 4 is 5.71 Å². The maximum Gasteiger partial charge on any atom is 0.217 e. The van der Waals surface area contributed by atoms with Gasteiger partial charge < -0.3 is 28.8 Å². The molecule has 1 N–H and O–H groups in total. The van der Waals surface area contributed by atoms with Crippen LogP contribution in [0.2, 0.25) is 0 Å². The molecule has 0 saturated carbocycles. The third-order valence-electron chi connectivity index (χ3n) is 6.22. The highest BCUT2D eigenvalue weighted by molar-refractivity contribution is 6.04. The molecular formula is C26H26N2O6. The summed E-state index contributed by atoms with van der Waals surface area (Å²) >= 11 is 0. The monoisotopic (exact) mass is 462 g/mol. The summed E-state index contributed by atoms with van der Waals surface area (Å²) in [5, 5.41) is 17.4. The maximum absolute atomic E-state index is 10.6. The number of para-hydroxylation sites is 1. The third-order valence-corrected chi connectivity index (χ3v) is 6.22. The zero-order valence-corrected chi connectivity index (χ0v) is 19.4. The van der Waals surface area contributed by atoms with Crippen LogP contribution in [0.5, 0.6) is 34.5 Å². The largest absolute Gasteiger partial charge is 0.507 e. The van der Waals surface area contributed by atoms with E-state index in [2.05, 4.69) is 0 Å². The molecule has 34 heavy (non-hydrogen) atoms. The Bertz CT molecular complexity index is 1260. The van der Waals surface area contributed by atoms with E-state index in [1.807, 2.05) is 41.4 Å². The van der Waals surface area contributed by atoms with Crippen LogP contribution >= 0.6 is 0 Å². The molecule has 0 amide bonds. The smallest absolute Gasteiger partial charge is 0.217 e. The van der Waals surface area contributed by atoms with Gasteiger partial charge in [0.1, 0.15) is 23.0 Å². The Morgan fingerprint density at radius 3 is 2.32 bits per heavy atom.